The first-order valence-electron chi connectivity index (χ1n) is 6.29. The maximum atomic E-state index is 12.1. The van der Waals surface area contributed by atoms with Gasteiger partial charge in [0, 0.05) is 17.7 Å². The lowest BCUT2D eigenvalue weighted by Crippen LogP contribution is -2.38. The Bertz CT molecular complexity index is 495. The first-order valence-corrected chi connectivity index (χ1v) is 6.29. The summed E-state index contributed by atoms with van der Waals surface area (Å²) in [7, 11) is 0. The zero-order chi connectivity index (χ0) is 12.5. The lowest BCUT2D eigenvalue weighted by atomic mass is 9.95. The minimum absolute atomic E-state index is 0.279. The molecule has 2 heterocycles. The summed E-state index contributed by atoms with van der Waals surface area (Å²) in [5.74, 6) is -0.633. The van der Waals surface area contributed by atoms with Crippen LogP contribution in [-0.4, -0.2) is 34.7 Å². The number of H-pyrrole nitrogens is 1. The Morgan fingerprint density at radius 2 is 2.22 bits per heavy atom. The van der Waals surface area contributed by atoms with Gasteiger partial charge in [-0.1, -0.05) is 0 Å². The van der Waals surface area contributed by atoms with Gasteiger partial charge in [-0.05, 0) is 25.7 Å². The molecule has 6 heteroatoms. The zero-order valence-electron chi connectivity index (χ0n) is 9.99. The molecule has 1 fully saturated rings. The molecule has 1 saturated heterocycles. The van der Waals surface area contributed by atoms with Gasteiger partial charge in [-0.3, -0.25) is 9.89 Å². The van der Waals surface area contributed by atoms with Crippen LogP contribution in [0.5, 0.6) is 0 Å². The van der Waals surface area contributed by atoms with Gasteiger partial charge in [-0.15, -0.1) is 0 Å². The SMILES string of the molecule is O=C(NC1CCOC1=O)c1n[nH]c2c1CCCC2. The van der Waals surface area contributed by atoms with Crippen molar-refractivity contribution in [2.24, 2.45) is 0 Å². The van der Waals surface area contributed by atoms with Crippen molar-refractivity contribution >= 4 is 11.9 Å². The second kappa shape index (κ2) is 4.44. The summed E-state index contributed by atoms with van der Waals surface area (Å²) in [5.41, 5.74) is 2.50. The summed E-state index contributed by atoms with van der Waals surface area (Å²) < 4.78 is 4.81. The Kier molecular flexibility index (Phi) is 2.77. The van der Waals surface area contributed by atoms with Crippen molar-refractivity contribution in [2.45, 2.75) is 38.1 Å². The number of ether oxygens (including phenoxy) is 1. The van der Waals surface area contributed by atoms with E-state index in [1.54, 1.807) is 0 Å². The van der Waals surface area contributed by atoms with Crippen molar-refractivity contribution in [1.82, 2.24) is 15.5 Å². The number of aromatic nitrogens is 2. The second-order valence-electron chi connectivity index (χ2n) is 4.72. The van der Waals surface area contributed by atoms with Gasteiger partial charge in [0.05, 0.1) is 6.61 Å². The van der Waals surface area contributed by atoms with Crippen LogP contribution >= 0.6 is 0 Å². The lowest BCUT2D eigenvalue weighted by Gasteiger charge is -2.12. The van der Waals surface area contributed by atoms with Gasteiger partial charge in [0.1, 0.15) is 6.04 Å². The average molecular weight is 249 g/mol. The highest BCUT2D eigenvalue weighted by Gasteiger charge is 2.30. The molecule has 1 aliphatic heterocycles. The molecule has 1 aromatic rings. The van der Waals surface area contributed by atoms with E-state index < -0.39 is 6.04 Å². The summed E-state index contributed by atoms with van der Waals surface area (Å²) in [4.78, 5) is 23.4. The number of hydrogen-bond acceptors (Lipinski definition) is 4. The number of aryl methyl sites for hydroxylation is 1. The minimum Gasteiger partial charge on any atom is -0.464 e. The molecule has 1 amide bonds. The van der Waals surface area contributed by atoms with E-state index in [1.807, 2.05) is 0 Å². The van der Waals surface area contributed by atoms with Crippen LogP contribution < -0.4 is 5.32 Å². The summed E-state index contributed by atoms with van der Waals surface area (Å²) in [6, 6.07) is -0.520. The summed E-state index contributed by atoms with van der Waals surface area (Å²) in [6.07, 6.45) is 4.57. The molecule has 0 spiro atoms. The van der Waals surface area contributed by atoms with Crippen LogP contribution in [0, 0.1) is 0 Å². The van der Waals surface area contributed by atoms with Crippen molar-refractivity contribution in [3.05, 3.63) is 17.0 Å². The van der Waals surface area contributed by atoms with Crippen molar-refractivity contribution in [2.75, 3.05) is 6.61 Å². The Balaban J connectivity index is 1.76. The van der Waals surface area contributed by atoms with E-state index in [9.17, 15) is 9.59 Å². The van der Waals surface area contributed by atoms with E-state index in [1.165, 1.54) is 0 Å². The first kappa shape index (κ1) is 11.3. The molecule has 1 unspecified atom stereocenters. The van der Waals surface area contributed by atoms with E-state index in [0.29, 0.717) is 18.7 Å². The van der Waals surface area contributed by atoms with Crippen molar-refractivity contribution in [3.63, 3.8) is 0 Å². The fraction of sp³-hybridized carbons (Fsp3) is 0.583. The van der Waals surface area contributed by atoms with Gasteiger partial charge in [-0.25, -0.2) is 4.79 Å². The molecule has 96 valence electrons. The molecule has 2 N–H and O–H groups in total. The Morgan fingerprint density at radius 3 is 3.00 bits per heavy atom. The number of esters is 1. The molecule has 0 aromatic carbocycles. The quantitative estimate of drug-likeness (QED) is 0.740. The predicted molar refractivity (Wildman–Crippen MR) is 62.1 cm³/mol. The highest BCUT2D eigenvalue weighted by Crippen LogP contribution is 2.22. The van der Waals surface area contributed by atoms with Gasteiger partial charge >= 0.3 is 5.97 Å². The number of carbonyl (C=O) groups excluding carboxylic acids is 2. The number of rotatable bonds is 2. The average Bonchev–Trinajstić information content (AvgIpc) is 2.96. The lowest BCUT2D eigenvalue weighted by molar-refractivity contribution is -0.139. The van der Waals surface area contributed by atoms with Gasteiger partial charge in [0.15, 0.2) is 5.69 Å². The maximum absolute atomic E-state index is 12.1. The molecule has 0 bridgehead atoms. The molecule has 2 aliphatic rings. The highest BCUT2D eigenvalue weighted by molar-refractivity contribution is 5.96. The number of nitrogens with zero attached hydrogens (tertiary/aromatic N) is 1. The van der Waals surface area contributed by atoms with Crippen LogP contribution in [0.25, 0.3) is 0 Å². The van der Waals surface area contributed by atoms with Crippen LogP contribution in [-0.2, 0) is 22.4 Å². The molecule has 1 atom stereocenters. The third-order valence-electron chi connectivity index (χ3n) is 3.51. The van der Waals surface area contributed by atoms with Crippen LogP contribution in [0.15, 0.2) is 0 Å². The van der Waals surface area contributed by atoms with E-state index >= 15 is 0 Å². The number of fused-ring (bicyclic) bond motifs is 1. The molecule has 0 saturated carbocycles. The van der Waals surface area contributed by atoms with Crippen LogP contribution in [0.4, 0.5) is 0 Å². The topological polar surface area (TPSA) is 84.1 Å². The fourth-order valence-electron chi connectivity index (χ4n) is 2.52. The number of nitrogens with one attached hydrogen (secondary N) is 2. The van der Waals surface area contributed by atoms with Crippen LogP contribution in [0.1, 0.15) is 41.0 Å². The molecular formula is C12H15N3O3. The Labute approximate surface area is 104 Å². The highest BCUT2D eigenvalue weighted by atomic mass is 16.5. The normalized spacial score (nSPS) is 22.4. The molecule has 0 radical (unpaired) electrons. The fourth-order valence-corrected chi connectivity index (χ4v) is 2.52. The summed E-state index contributed by atoms with van der Waals surface area (Å²) >= 11 is 0. The molecule has 18 heavy (non-hydrogen) atoms. The van der Waals surface area contributed by atoms with Crippen molar-refractivity contribution < 1.29 is 14.3 Å². The monoisotopic (exact) mass is 249 g/mol. The van der Waals surface area contributed by atoms with E-state index in [2.05, 4.69) is 15.5 Å². The van der Waals surface area contributed by atoms with E-state index in [0.717, 1.165) is 36.9 Å². The third-order valence-corrected chi connectivity index (χ3v) is 3.51. The van der Waals surface area contributed by atoms with Crippen LogP contribution in [0.2, 0.25) is 0 Å². The van der Waals surface area contributed by atoms with E-state index in [4.69, 9.17) is 4.74 Å². The number of hydrogen-bond donors (Lipinski definition) is 2. The molecule has 6 nitrogen and oxygen atoms in total. The van der Waals surface area contributed by atoms with E-state index in [-0.39, 0.29) is 11.9 Å². The first-order chi connectivity index (χ1) is 8.75. The standard InChI is InChI=1S/C12H15N3O3/c16-11(13-9-5-6-18-12(9)17)10-7-3-1-2-4-8(7)14-15-10/h9H,1-6H2,(H,13,16)(H,14,15). The maximum Gasteiger partial charge on any atom is 0.328 e. The smallest absolute Gasteiger partial charge is 0.328 e. The number of amides is 1. The van der Waals surface area contributed by atoms with Crippen LogP contribution in [0.3, 0.4) is 0 Å². The van der Waals surface area contributed by atoms with Gasteiger partial charge < -0.3 is 10.1 Å². The Hall–Kier alpha value is -1.85. The molecule has 1 aliphatic carbocycles. The van der Waals surface area contributed by atoms with Gasteiger partial charge in [0.2, 0.25) is 0 Å². The summed E-state index contributed by atoms with van der Waals surface area (Å²) in [5, 5.41) is 9.68. The number of aromatic amines is 1. The Morgan fingerprint density at radius 1 is 1.39 bits per heavy atom. The zero-order valence-corrected chi connectivity index (χ0v) is 9.99. The third kappa shape index (κ3) is 1.87. The summed E-state index contributed by atoms with van der Waals surface area (Å²) in [6.45, 7) is 0.377. The molecular weight excluding hydrogens is 234 g/mol. The number of cyclic esters (lactones) is 1. The van der Waals surface area contributed by atoms with Gasteiger partial charge in [-0.2, -0.15) is 5.10 Å². The van der Waals surface area contributed by atoms with Crippen molar-refractivity contribution in [3.8, 4) is 0 Å². The molecule has 3 rings (SSSR count). The number of carbonyl (C=O) groups is 2. The second-order valence-corrected chi connectivity index (χ2v) is 4.72. The van der Waals surface area contributed by atoms with Crippen molar-refractivity contribution in [1.29, 1.82) is 0 Å². The largest absolute Gasteiger partial charge is 0.464 e. The molecule has 1 aromatic heterocycles. The predicted octanol–water partition coefficient (Wildman–Crippen LogP) is 0.334. The minimum atomic E-state index is -0.520. The van der Waals surface area contributed by atoms with Gasteiger partial charge in [0.25, 0.3) is 5.91 Å².